The lowest BCUT2D eigenvalue weighted by atomic mass is 9.62. The van der Waals surface area contributed by atoms with Crippen molar-refractivity contribution in [3.05, 3.63) is 12.2 Å². The number of rotatable bonds is 6. The standard InChI is InChI=1S/C16H26O2/c1-2-9-16(10-4-11-16)15(18)6-3-5-13-7-8-14(17)12-13/h3,5,13,15,18H,2,4,6-12H2,1H3/b5-3+/t13-,15+/m0/s1. The van der Waals surface area contributed by atoms with Crippen LogP contribution in [0.2, 0.25) is 0 Å². The monoisotopic (exact) mass is 250 g/mol. The van der Waals surface area contributed by atoms with Gasteiger partial charge in [-0.1, -0.05) is 31.9 Å². The van der Waals surface area contributed by atoms with Crippen LogP contribution in [-0.2, 0) is 4.79 Å². The van der Waals surface area contributed by atoms with E-state index in [1.54, 1.807) is 0 Å². The van der Waals surface area contributed by atoms with Crippen LogP contribution in [0.25, 0.3) is 0 Å². The van der Waals surface area contributed by atoms with Crippen molar-refractivity contribution in [3.63, 3.8) is 0 Å². The van der Waals surface area contributed by atoms with Crippen LogP contribution < -0.4 is 0 Å². The molecule has 0 aliphatic heterocycles. The molecule has 2 nitrogen and oxygen atoms in total. The maximum atomic E-state index is 11.2. The van der Waals surface area contributed by atoms with Gasteiger partial charge in [0, 0.05) is 12.8 Å². The molecule has 18 heavy (non-hydrogen) atoms. The van der Waals surface area contributed by atoms with Gasteiger partial charge in [-0.05, 0) is 43.4 Å². The molecule has 0 aromatic rings. The fourth-order valence-electron chi connectivity index (χ4n) is 3.54. The second kappa shape index (κ2) is 6.01. The summed E-state index contributed by atoms with van der Waals surface area (Å²) in [5.74, 6) is 0.833. The lowest BCUT2D eigenvalue weighted by molar-refractivity contribution is -0.117. The maximum Gasteiger partial charge on any atom is 0.133 e. The molecule has 2 atom stereocenters. The highest BCUT2D eigenvalue weighted by atomic mass is 16.3. The van der Waals surface area contributed by atoms with Crippen molar-refractivity contribution in [3.8, 4) is 0 Å². The van der Waals surface area contributed by atoms with Crippen LogP contribution in [-0.4, -0.2) is 17.0 Å². The first kappa shape index (κ1) is 13.8. The molecule has 2 aliphatic rings. The quantitative estimate of drug-likeness (QED) is 0.731. The van der Waals surface area contributed by atoms with Crippen molar-refractivity contribution < 1.29 is 9.90 Å². The molecule has 0 heterocycles. The molecule has 0 unspecified atom stereocenters. The van der Waals surface area contributed by atoms with Gasteiger partial charge in [0.1, 0.15) is 5.78 Å². The van der Waals surface area contributed by atoms with Crippen molar-refractivity contribution >= 4 is 5.78 Å². The lowest BCUT2D eigenvalue weighted by Gasteiger charge is -2.45. The summed E-state index contributed by atoms with van der Waals surface area (Å²) in [5.41, 5.74) is 0.213. The normalized spacial score (nSPS) is 28.6. The third-order valence-corrected chi connectivity index (χ3v) is 4.86. The van der Waals surface area contributed by atoms with E-state index in [9.17, 15) is 9.90 Å². The van der Waals surface area contributed by atoms with E-state index in [-0.39, 0.29) is 11.5 Å². The highest BCUT2D eigenvalue weighted by Crippen LogP contribution is 2.48. The Kier molecular flexibility index (Phi) is 4.60. The molecule has 2 heteroatoms. The molecule has 2 rings (SSSR count). The Labute approximate surface area is 110 Å². The van der Waals surface area contributed by atoms with Crippen LogP contribution >= 0.6 is 0 Å². The third-order valence-electron chi connectivity index (χ3n) is 4.86. The average molecular weight is 250 g/mol. The minimum absolute atomic E-state index is 0.181. The molecular formula is C16H26O2. The molecule has 2 saturated carbocycles. The summed E-state index contributed by atoms with van der Waals surface area (Å²) in [6.07, 6.45) is 13.3. The van der Waals surface area contributed by atoms with Crippen molar-refractivity contribution in [2.24, 2.45) is 11.3 Å². The van der Waals surface area contributed by atoms with Crippen molar-refractivity contribution in [1.29, 1.82) is 0 Å². The van der Waals surface area contributed by atoms with Crippen LogP contribution in [0.3, 0.4) is 0 Å². The molecular weight excluding hydrogens is 224 g/mol. The third kappa shape index (κ3) is 3.03. The van der Waals surface area contributed by atoms with E-state index in [1.807, 2.05) is 0 Å². The van der Waals surface area contributed by atoms with Gasteiger partial charge in [-0.2, -0.15) is 0 Å². The van der Waals surface area contributed by atoms with Gasteiger partial charge < -0.3 is 5.11 Å². The minimum Gasteiger partial charge on any atom is -0.392 e. The molecule has 0 aromatic carbocycles. The fourth-order valence-corrected chi connectivity index (χ4v) is 3.54. The summed E-state index contributed by atoms with van der Waals surface area (Å²) < 4.78 is 0. The van der Waals surface area contributed by atoms with E-state index in [2.05, 4.69) is 19.1 Å². The minimum atomic E-state index is -0.181. The number of carbonyl (C=O) groups is 1. The number of aliphatic hydroxyl groups is 1. The topological polar surface area (TPSA) is 37.3 Å². The summed E-state index contributed by atoms with van der Waals surface area (Å²) in [5, 5.41) is 10.4. The molecule has 2 aliphatic carbocycles. The van der Waals surface area contributed by atoms with Gasteiger partial charge in [0.15, 0.2) is 0 Å². The Morgan fingerprint density at radius 3 is 2.78 bits per heavy atom. The lowest BCUT2D eigenvalue weighted by Crippen LogP contribution is -2.41. The van der Waals surface area contributed by atoms with Crippen LogP contribution in [0.4, 0.5) is 0 Å². The first-order valence-electron chi connectivity index (χ1n) is 7.53. The van der Waals surface area contributed by atoms with Gasteiger partial charge in [-0.25, -0.2) is 0 Å². The summed E-state index contributed by atoms with van der Waals surface area (Å²) in [4.78, 5) is 11.2. The van der Waals surface area contributed by atoms with Crippen LogP contribution in [0, 0.1) is 11.3 Å². The molecule has 2 fully saturated rings. The van der Waals surface area contributed by atoms with Crippen LogP contribution in [0.15, 0.2) is 12.2 Å². The predicted octanol–water partition coefficient (Wildman–Crippen LogP) is 3.63. The summed E-state index contributed by atoms with van der Waals surface area (Å²) in [6.45, 7) is 2.20. The Hall–Kier alpha value is -0.630. The number of allylic oxidation sites excluding steroid dienone is 1. The van der Waals surface area contributed by atoms with Crippen molar-refractivity contribution in [1.82, 2.24) is 0 Å². The van der Waals surface area contributed by atoms with E-state index in [0.717, 1.165) is 32.1 Å². The van der Waals surface area contributed by atoms with Gasteiger partial charge in [-0.15, -0.1) is 0 Å². The Morgan fingerprint density at radius 2 is 2.28 bits per heavy atom. The number of ketones is 1. The average Bonchev–Trinajstić information content (AvgIpc) is 2.69. The molecule has 0 aromatic heterocycles. The van der Waals surface area contributed by atoms with Crippen molar-refractivity contribution in [2.75, 3.05) is 0 Å². The molecule has 0 saturated heterocycles. The fraction of sp³-hybridized carbons (Fsp3) is 0.812. The van der Waals surface area contributed by atoms with E-state index < -0.39 is 0 Å². The summed E-state index contributed by atoms with van der Waals surface area (Å²) in [6, 6.07) is 0. The first-order valence-corrected chi connectivity index (χ1v) is 7.53. The first-order chi connectivity index (χ1) is 8.66. The second-order valence-corrected chi connectivity index (χ2v) is 6.19. The van der Waals surface area contributed by atoms with Gasteiger partial charge in [0.2, 0.25) is 0 Å². The number of carbonyl (C=O) groups excluding carboxylic acids is 1. The van der Waals surface area contributed by atoms with Gasteiger partial charge in [-0.3, -0.25) is 4.79 Å². The van der Waals surface area contributed by atoms with Gasteiger partial charge in [0.05, 0.1) is 6.10 Å². The van der Waals surface area contributed by atoms with E-state index in [1.165, 1.54) is 19.3 Å². The highest BCUT2D eigenvalue weighted by molar-refractivity contribution is 5.80. The number of Topliss-reactive ketones (excluding diaryl/α,β-unsaturated/α-hetero) is 1. The SMILES string of the molecule is CCCC1([C@H](O)C/C=C/[C@H]2CCC(=O)C2)CCC1. The largest absolute Gasteiger partial charge is 0.392 e. The Balaban J connectivity index is 1.78. The zero-order valence-corrected chi connectivity index (χ0v) is 11.5. The van der Waals surface area contributed by atoms with Crippen LogP contribution in [0.5, 0.6) is 0 Å². The van der Waals surface area contributed by atoms with E-state index >= 15 is 0 Å². The second-order valence-electron chi connectivity index (χ2n) is 6.19. The van der Waals surface area contributed by atoms with E-state index in [4.69, 9.17) is 0 Å². The Bertz CT molecular complexity index is 315. The van der Waals surface area contributed by atoms with Crippen LogP contribution in [0.1, 0.15) is 64.7 Å². The van der Waals surface area contributed by atoms with Gasteiger partial charge in [0.25, 0.3) is 0 Å². The zero-order valence-electron chi connectivity index (χ0n) is 11.5. The zero-order chi connectivity index (χ0) is 13.0. The number of hydrogen-bond acceptors (Lipinski definition) is 2. The number of aliphatic hydroxyl groups excluding tert-OH is 1. The molecule has 0 bridgehead atoms. The number of hydrogen-bond donors (Lipinski definition) is 1. The summed E-state index contributed by atoms with van der Waals surface area (Å²) >= 11 is 0. The smallest absolute Gasteiger partial charge is 0.133 e. The molecule has 102 valence electrons. The molecule has 0 amide bonds. The van der Waals surface area contributed by atoms with Gasteiger partial charge >= 0.3 is 0 Å². The highest BCUT2D eigenvalue weighted by Gasteiger charge is 2.41. The Morgan fingerprint density at radius 1 is 1.50 bits per heavy atom. The van der Waals surface area contributed by atoms with Crippen molar-refractivity contribution in [2.45, 2.75) is 70.8 Å². The molecule has 0 spiro atoms. The molecule has 1 N–H and O–H groups in total. The predicted molar refractivity (Wildman–Crippen MR) is 73.3 cm³/mol. The maximum absolute atomic E-state index is 11.2. The molecule has 0 radical (unpaired) electrons. The van der Waals surface area contributed by atoms with E-state index in [0.29, 0.717) is 18.1 Å². The summed E-state index contributed by atoms with van der Waals surface area (Å²) in [7, 11) is 0.